The Kier molecular flexibility index (Phi) is 3.10. The fourth-order valence-corrected chi connectivity index (χ4v) is 2.55. The van der Waals surface area contributed by atoms with Crippen molar-refractivity contribution < 1.29 is 13.5 Å². The minimum atomic E-state index is -0.894. The third-order valence-corrected chi connectivity index (χ3v) is 3.53. The van der Waals surface area contributed by atoms with E-state index in [1.807, 2.05) is 0 Å². The van der Waals surface area contributed by atoms with Gasteiger partial charge in [-0.3, -0.25) is 0 Å². The highest BCUT2D eigenvalue weighted by molar-refractivity contribution is 5.79. The van der Waals surface area contributed by atoms with E-state index in [9.17, 15) is 8.78 Å². The molecule has 1 fully saturated rings. The number of imidazole rings is 1. The lowest BCUT2D eigenvalue weighted by Crippen LogP contribution is -2.12. The van der Waals surface area contributed by atoms with Gasteiger partial charge in [-0.1, -0.05) is 0 Å². The first-order valence-electron chi connectivity index (χ1n) is 6.38. The van der Waals surface area contributed by atoms with Crippen molar-refractivity contribution in [1.82, 2.24) is 9.55 Å². The van der Waals surface area contributed by atoms with E-state index in [0.717, 1.165) is 31.9 Å². The number of nitrogens with two attached hydrogens (primary N) is 1. The number of ether oxygens (including phenoxy) is 1. The Balaban J connectivity index is 1.92. The molecule has 1 aliphatic rings. The number of anilines is 1. The molecule has 2 heterocycles. The Labute approximate surface area is 109 Å². The topological polar surface area (TPSA) is 53.1 Å². The number of hydrogen-bond acceptors (Lipinski definition) is 3. The second-order valence-corrected chi connectivity index (χ2v) is 4.77. The summed E-state index contributed by atoms with van der Waals surface area (Å²) in [6, 6.07) is 2.50. The van der Waals surface area contributed by atoms with Crippen molar-refractivity contribution in [3.63, 3.8) is 0 Å². The highest BCUT2D eigenvalue weighted by Crippen LogP contribution is 2.24. The van der Waals surface area contributed by atoms with Gasteiger partial charge in [0.2, 0.25) is 5.95 Å². The Morgan fingerprint density at radius 1 is 1.42 bits per heavy atom. The molecule has 1 atom stereocenters. The molecule has 3 rings (SSSR count). The molecule has 1 aromatic carbocycles. The summed E-state index contributed by atoms with van der Waals surface area (Å²) in [6.07, 6.45) is 2.96. The van der Waals surface area contributed by atoms with Crippen LogP contribution in [-0.2, 0) is 11.3 Å². The minimum absolute atomic E-state index is 0.135. The quantitative estimate of drug-likeness (QED) is 0.929. The van der Waals surface area contributed by atoms with Crippen LogP contribution in [0.1, 0.15) is 19.3 Å². The third-order valence-electron chi connectivity index (χ3n) is 3.53. The summed E-state index contributed by atoms with van der Waals surface area (Å²) < 4.78 is 34.2. The molecule has 0 radical (unpaired) electrons. The monoisotopic (exact) mass is 267 g/mol. The molecule has 2 aromatic rings. The zero-order valence-electron chi connectivity index (χ0n) is 10.4. The van der Waals surface area contributed by atoms with Crippen molar-refractivity contribution >= 4 is 17.0 Å². The fraction of sp³-hybridized carbons (Fsp3) is 0.462. The summed E-state index contributed by atoms with van der Waals surface area (Å²) in [6.45, 7) is 1.25. The van der Waals surface area contributed by atoms with Crippen molar-refractivity contribution in [2.45, 2.75) is 31.9 Å². The number of benzene rings is 1. The number of aromatic nitrogens is 2. The van der Waals surface area contributed by atoms with Crippen LogP contribution in [0.3, 0.4) is 0 Å². The van der Waals surface area contributed by atoms with Crippen molar-refractivity contribution in [1.29, 1.82) is 0 Å². The van der Waals surface area contributed by atoms with Gasteiger partial charge < -0.3 is 15.0 Å². The standard InChI is InChI=1S/C13H15F2N3O/c14-9-3-4-10-12(11(9)15)18(13(16)17-10)6-5-8-2-1-7-19-8/h3-4,8H,1-2,5-7H2,(H2,16,17). The van der Waals surface area contributed by atoms with Gasteiger partial charge in [0.15, 0.2) is 11.6 Å². The van der Waals surface area contributed by atoms with Gasteiger partial charge in [-0.05, 0) is 31.4 Å². The number of aryl methyl sites for hydroxylation is 1. The van der Waals surface area contributed by atoms with E-state index >= 15 is 0 Å². The van der Waals surface area contributed by atoms with Gasteiger partial charge in [0, 0.05) is 13.2 Å². The van der Waals surface area contributed by atoms with Crippen molar-refractivity contribution in [3.05, 3.63) is 23.8 Å². The van der Waals surface area contributed by atoms with Gasteiger partial charge in [-0.25, -0.2) is 13.8 Å². The first-order chi connectivity index (χ1) is 9.16. The smallest absolute Gasteiger partial charge is 0.201 e. The lowest BCUT2D eigenvalue weighted by molar-refractivity contribution is 0.101. The molecule has 4 nitrogen and oxygen atoms in total. The highest BCUT2D eigenvalue weighted by atomic mass is 19.2. The van der Waals surface area contributed by atoms with Crippen LogP contribution in [0.4, 0.5) is 14.7 Å². The summed E-state index contributed by atoms with van der Waals surface area (Å²) in [4.78, 5) is 4.05. The van der Waals surface area contributed by atoms with E-state index in [1.54, 1.807) is 0 Å². The molecule has 1 unspecified atom stereocenters. The Morgan fingerprint density at radius 2 is 2.26 bits per heavy atom. The molecule has 1 saturated heterocycles. The molecule has 1 aliphatic heterocycles. The SMILES string of the molecule is Nc1nc2ccc(F)c(F)c2n1CCC1CCCO1. The summed E-state index contributed by atoms with van der Waals surface area (Å²) in [5.74, 6) is -1.57. The average Bonchev–Trinajstić information content (AvgIpc) is 2.99. The largest absolute Gasteiger partial charge is 0.378 e. The maximum absolute atomic E-state index is 13.8. The lowest BCUT2D eigenvalue weighted by atomic mass is 10.2. The molecular formula is C13H15F2N3O. The number of rotatable bonds is 3. The van der Waals surface area contributed by atoms with E-state index < -0.39 is 11.6 Å². The van der Waals surface area contributed by atoms with E-state index in [1.165, 1.54) is 10.6 Å². The molecule has 102 valence electrons. The molecular weight excluding hydrogens is 252 g/mol. The molecule has 19 heavy (non-hydrogen) atoms. The van der Waals surface area contributed by atoms with Gasteiger partial charge in [0.25, 0.3) is 0 Å². The summed E-state index contributed by atoms with van der Waals surface area (Å²) in [7, 11) is 0. The summed E-state index contributed by atoms with van der Waals surface area (Å²) in [5, 5.41) is 0. The van der Waals surface area contributed by atoms with Crippen LogP contribution in [0, 0.1) is 11.6 Å². The average molecular weight is 267 g/mol. The van der Waals surface area contributed by atoms with E-state index in [0.29, 0.717) is 12.1 Å². The van der Waals surface area contributed by atoms with Crippen LogP contribution in [0.15, 0.2) is 12.1 Å². The zero-order valence-corrected chi connectivity index (χ0v) is 10.4. The Bertz CT molecular complexity index is 605. The number of fused-ring (bicyclic) bond motifs is 1. The first-order valence-corrected chi connectivity index (χ1v) is 6.38. The van der Waals surface area contributed by atoms with Crippen LogP contribution >= 0.6 is 0 Å². The van der Waals surface area contributed by atoms with Gasteiger partial charge >= 0.3 is 0 Å². The van der Waals surface area contributed by atoms with Crippen LogP contribution in [0.25, 0.3) is 11.0 Å². The van der Waals surface area contributed by atoms with Crippen LogP contribution in [0.2, 0.25) is 0 Å². The molecule has 0 bridgehead atoms. The van der Waals surface area contributed by atoms with Crippen LogP contribution < -0.4 is 5.73 Å². The van der Waals surface area contributed by atoms with Crippen molar-refractivity contribution in [3.8, 4) is 0 Å². The first kappa shape index (κ1) is 12.3. The van der Waals surface area contributed by atoms with E-state index in [4.69, 9.17) is 10.5 Å². The van der Waals surface area contributed by atoms with Crippen LogP contribution in [-0.4, -0.2) is 22.3 Å². The number of halogens is 2. The predicted molar refractivity (Wildman–Crippen MR) is 67.7 cm³/mol. The summed E-state index contributed by atoms with van der Waals surface area (Å²) >= 11 is 0. The molecule has 0 spiro atoms. The molecule has 1 aromatic heterocycles. The lowest BCUT2D eigenvalue weighted by Gasteiger charge is -2.11. The second kappa shape index (κ2) is 4.77. The summed E-state index contributed by atoms with van der Waals surface area (Å²) in [5.41, 5.74) is 6.29. The Hall–Kier alpha value is -1.69. The second-order valence-electron chi connectivity index (χ2n) is 4.77. The van der Waals surface area contributed by atoms with Gasteiger partial charge in [-0.15, -0.1) is 0 Å². The Morgan fingerprint density at radius 3 is 3.00 bits per heavy atom. The van der Waals surface area contributed by atoms with Crippen molar-refractivity contribution in [2.24, 2.45) is 0 Å². The zero-order chi connectivity index (χ0) is 13.4. The molecule has 6 heteroatoms. The maximum Gasteiger partial charge on any atom is 0.201 e. The third kappa shape index (κ3) is 2.16. The number of nitrogen functional groups attached to an aromatic ring is 1. The number of nitrogens with zero attached hydrogens (tertiary/aromatic N) is 2. The maximum atomic E-state index is 13.8. The molecule has 0 amide bonds. The predicted octanol–water partition coefficient (Wildman–Crippen LogP) is 2.47. The number of hydrogen-bond donors (Lipinski definition) is 1. The van der Waals surface area contributed by atoms with E-state index in [2.05, 4.69) is 4.98 Å². The fourth-order valence-electron chi connectivity index (χ4n) is 2.55. The van der Waals surface area contributed by atoms with Gasteiger partial charge in [0.05, 0.1) is 11.6 Å². The molecule has 2 N–H and O–H groups in total. The molecule has 0 aliphatic carbocycles. The van der Waals surface area contributed by atoms with Gasteiger partial charge in [-0.2, -0.15) is 0 Å². The highest BCUT2D eigenvalue weighted by Gasteiger charge is 2.19. The van der Waals surface area contributed by atoms with E-state index in [-0.39, 0.29) is 17.6 Å². The minimum Gasteiger partial charge on any atom is -0.378 e. The van der Waals surface area contributed by atoms with Crippen LogP contribution in [0.5, 0.6) is 0 Å². The normalized spacial score (nSPS) is 19.4. The van der Waals surface area contributed by atoms with Crippen molar-refractivity contribution in [2.75, 3.05) is 12.3 Å². The van der Waals surface area contributed by atoms with Gasteiger partial charge in [0.1, 0.15) is 5.52 Å². The molecule has 0 saturated carbocycles.